The maximum Gasteiger partial charge on any atom is 0.231 e. The van der Waals surface area contributed by atoms with Crippen LogP contribution in [0.2, 0.25) is 18.1 Å². The van der Waals surface area contributed by atoms with Gasteiger partial charge in [-0.2, -0.15) is 0 Å². The number of benzene rings is 1. The first-order valence-electron chi connectivity index (χ1n) is 19.0. The zero-order valence-corrected chi connectivity index (χ0v) is 33.4. The molecule has 4 aliphatic rings. The van der Waals surface area contributed by atoms with Crippen molar-refractivity contribution in [2.45, 2.75) is 148 Å². The third-order valence-corrected chi connectivity index (χ3v) is 17.5. The Morgan fingerprint density at radius 3 is 2.18 bits per heavy atom. The molecule has 2 bridgehead atoms. The molecule has 272 valence electrons. The van der Waals surface area contributed by atoms with Gasteiger partial charge in [0, 0.05) is 35.7 Å². The van der Waals surface area contributed by atoms with Gasteiger partial charge in [-0.15, -0.1) is 0 Å². The smallest absolute Gasteiger partial charge is 0.231 e. The van der Waals surface area contributed by atoms with Crippen LogP contribution in [0.5, 0.6) is 5.75 Å². The van der Waals surface area contributed by atoms with Crippen molar-refractivity contribution in [3.05, 3.63) is 59.8 Å². The lowest BCUT2D eigenvalue weighted by molar-refractivity contribution is -0.124. The highest BCUT2D eigenvalue weighted by molar-refractivity contribution is 6.74. The summed E-state index contributed by atoms with van der Waals surface area (Å²) in [6.45, 7) is 20.7. The molecule has 2 heterocycles. The molecule has 8 heteroatoms. The van der Waals surface area contributed by atoms with Gasteiger partial charge in [-0.1, -0.05) is 53.7 Å². The van der Waals surface area contributed by atoms with E-state index in [1.807, 2.05) is 12.3 Å². The Morgan fingerprint density at radius 2 is 1.62 bits per heavy atom. The molecule has 50 heavy (non-hydrogen) atoms. The van der Waals surface area contributed by atoms with Crippen molar-refractivity contribution < 1.29 is 18.4 Å². The number of hydrogen-bond donors (Lipinski definition) is 0. The number of pyridine rings is 1. The number of ether oxygens (including phenoxy) is 1. The first-order chi connectivity index (χ1) is 23.4. The van der Waals surface area contributed by atoms with Crippen LogP contribution in [0.25, 0.3) is 11.3 Å². The lowest BCUT2D eigenvalue weighted by Crippen LogP contribution is -2.52. The summed E-state index contributed by atoms with van der Waals surface area (Å²) in [5.41, 5.74) is 4.48. The van der Waals surface area contributed by atoms with E-state index in [4.69, 9.17) is 23.5 Å². The van der Waals surface area contributed by atoms with Crippen molar-refractivity contribution in [2.75, 3.05) is 18.6 Å². The molecule has 7 nitrogen and oxygen atoms in total. The third kappa shape index (κ3) is 7.34. The van der Waals surface area contributed by atoms with Crippen LogP contribution in [0.4, 0.5) is 5.82 Å². The van der Waals surface area contributed by atoms with Gasteiger partial charge in [0.05, 0.1) is 7.11 Å². The van der Waals surface area contributed by atoms with Crippen LogP contribution in [0.15, 0.2) is 47.2 Å². The highest BCUT2D eigenvalue weighted by Crippen LogP contribution is 2.58. The summed E-state index contributed by atoms with van der Waals surface area (Å²) >= 11 is 0. The molecule has 0 aliphatic heterocycles. The molecule has 0 spiro atoms. The van der Waals surface area contributed by atoms with Gasteiger partial charge in [0.15, 0.2) is 14.2 Å². The minimum absolute atomic E-state index is 0.0239. The number of carbonyl (C=O) groups excluding carboxylic acids is 1. The Balaban J connectivity index is 1.24. The molecular weight excluding hydrogens is 639 g/mol. The van der Waals surface area contributed by atoms with Gasteiger partial charge in [0.1, 0.15) is 23.5 Å². The van der Waals surface area contributed by atoms with Gasteiger partial charge in [-0.3, -0.25) is 9.69 Å². The second-order valence-electron chi connectivity index (χ2n) is 18.4. The highest BCUT2D eigenvalue weighted by atomic mass is 28.4. The Morgan fingerprint density at radius 1 is 0.960 bits per heavy atom. The van der Waals surface area contributed by atoms with Gasteiger partial charge in [-0.25, -0.2) is 9.97 Å². The number of carbonyl (C=O) groups is 1. The Labute approximate surface area is 302 Å². The molecule has 4 aliphatic carbocycles. The van der Waals surface area contributed by atoms with E-state index in [1.165, 1.54) is 11.1 Å². The lowest BCUT2D eigenvalue weighted by Gasteiger charge is -2.55. The SMILES string of the molecule is COc1ccc(C23CCC(CN(c4cc(-c5coc(C(C)(C)C)n5)ccn4)C(=O)[C@H]4CC[C@H](O[Si](C)(C)C(C)(C)C)CC4)(CC2)CC3)cc1C. The number of aromatic nitrogens is 2. The van der Waals surface area contributed by atoms with Crippen molar-refractivity contribution in [2.24, 2.45) is 11.3 Å². The monoisotopic (exact) mass is 699 g/mol. The minimum Gasteiger partial charge on any atom is -0.496 e. The second kappa shape index (κ2) is 13.5. The van der Waals surface area contributed by atoms with E-state index in [0.29, 0.717) is 12.4 Å². The summed E-state index contributed by atoms with van der Waals surface area (Å²) in [5.74, 6) is 2.59. The number of hydrogen-bond acceptors (Lipinski definition) is 6. The molecule has 4 saturated carbocycles. The Hall–Kier alpha value is -2.97. The van der Waals surface area contributed by atoms with E-state index in [-0.39, 0.29) is 39.2 Å². The van der Waals surface area contributed by atoms with Crippen LogP contribution in [-0.2, 0) is 20.1 Å². The number of oxazole rings is 1. The summed E-state index contributed by atoms with van der Waals surface area (Å²) in [6.07, 6.45) is 14.2. The van der Waals surface area contributed by atoms with Crippen LogP contribution >= 0.6 is 0 Å². The molecule has 1 aromatic carbocycles. The topological polar surface area (TPSA) is 77.7 Å². The molecule has 2 aromatic heterocycles. The number of amides is 1. The van der Waals surface area contributed by atoms with Crippen LogP contribution in [0, 0.1) is 18.3 Å². The van der Waals surface area contributed by atoms with E-state index >= 15 is 0 Å². The van der Waals surface area contributed by atoms with Crippen LogP contribution in [0.3, 0.4) is 0 Å². The van der Waals surface area contributed by atoms with Gasteiger partial charge >= 0.3 is 0 Å². The van der Waals surface area contributed by atoms with Gasteiger partial charge in [-0.05, 0) is 129 Å². The van der Waals surface area contributed by atoms with Crippen LogP contribution in [-0.4, -0.2) is 44.0 Å². The molecule has 7 rings (SSSR count). The van der Waals surface area contributed by atoms with Gasteiger partial charge in [0.2, 0.25) is 5.91 Å². The molecule has 0 unspecified atom stereocenters. The summed E-state index contributed by atoms with van der Waals surface area (Å²) in [7, 11) is -0.122. The summed E-state index contributed by atoms with van der Waals surface area (Å²) < 4.78 is 18.3. The second-order valence-corrected chi connectivity index (χ2v) is 23.2. The van der Waals surface area contributed by atoms with Crippen molar-refractivity contribution in [3.8, 4) is 17.0 Å². The molecule has 0 atom stereocenters. The largest absolute Gasteiger partial charge is 0.496 e. The molecule has 0 N–H and O–H groups in total. The number of fused-ring (bicyclic) bond motifs is 3. The maximum atomic E-state index is 14.8. The van der Waals surface area contributed by atoms with Crippen molar-refractivity contribution in [3.63, 3.8) is 0 Å². The average molecular weight is 700 g/mol. The number of rotatable bonds is 9. The van der Waals surface area contributed by atoms with E-state index in [1.54, 1.807) is 13.4 Å². The fourth-order valence-electron chi connectivity index (χ4n) is 8.47. The zero-order valence-electron chi connectivity index (χ0n) is 32.4. The van der Waals surface area contributed by atoms with Crippen LogP contribution < -0.4 is 9.64 Å². The number of methoxy groups -OCH3 is 1. The lowest BCUT2D eigenvalue weighted by atomic mass is 9.51. The Kier molecular flexibility index (Phi) is 9.96. The molecule has 0 radical (unpaired) electrons. The predicted octanol–water partition coefficient (Wildman–Crippen LogP) is 10.6. The quantitative estimate of drug-likeness (QED) is 0.207. The van der Waals surface area contributed by atoms with Gasteiger partial charge in [0.25, 0.3) is 0 Å². The highest BCUT2D eigenvalue weighted by Gasteiger charge is 2.51. The summed E-state index contributed by atoms with van der Waals surface area (Å²) in [4.78, 5) is 26.5. The van der Waals surface area contributed by atoms with Gasteiger partial charge < -0.3 is 13.6 Å². The molecular formula is C42H61N3O4Si. The fraction of sp³-hybridized carbons (Fsp3) is 0.643. The molecule has 1 amide bonds. The van der Waals surface area contributed by atoms with E-state index in [2.05, 4.69) is 90.7 Å². The van der Waals surface area contributed by atoms with Crippen molar-refractivity contribution in [1.29, 1.82) is 0 Å². The minimum atomic E-state index is -1.87. The van der Waals surface area contributed by atoms with E-state index in [9.17, 15) is 4.79 Å². The van der Waals surface area contributed by atoms with Crippen molar-refractivity contribution >= 4 is 20.0 Å². The van der Waals surface area contributed by atoms with E-state index in [0.717, 1.165) is 87.0 Å². The Bertz CT molecular complexity index is 1650. The van der Waals surface area contributed by atoms with Crippen molar-refractivity contribution in [1.82, 2.24) is 9.97 Å². The number of aryl methyl sites for hydroxylation is 1. The molecule has 0 saturated heterocycles. The number of anilines is 1. The first kappa shape index (κ1) is 36.8. The zero-order chi connectivity index (χ0) is 36.1. The predicted molar refractivity (Wildman–Crippen MR) is 204 cm³/mol. The third-order valence-electron chi connectivity index (χ3n) is 12.9. The summed E-state index contributed by atoms with van der Waals surface area (Å²) in [5, 5.41) is 0.174. The fourth-order valence-corrected chi connectivity index (χ4v) is 9.89. The maximum absolute atomic E-state index is 14.8. The molecule has 4 fully saturated rings. The van der Waals surface area contributed by atoms with Crippen LogP contribution in [0.1, 0.15) is 123 Å². The summed E-state index contributed by atoms with van der Waals surface area (Å²) in [6, 6.07) is 10.8. The standard InChI is InChI=1S/C42H61N3O4Si/c1-29-25-32(13-16-35(29)47-8)42-21-18-41(19-22-42,20-23-42)28-45(36-26-31(17-24-43-36)34-27-48-38(44-34)39(2,3)4)37(46)30-11-14-33(15-12-30)49-50(9,10)40(5,6)7/h13,16-17,24-27,30,33H,11-12,14-15,18-23,28H2,1-10H3/t30-,33-,41?,42?. The first-order valence-corrected chi connectivity index (χ1v) is 21.9. The number of nitrogens with zero attached hydrogens (tertiary/aromatic N) is 3. The molecule has 3 aromatic rings. The average Bonchev–Trinajstić information content (AvgIpc) is 3.59. The normalized spacial score (nSPS) is 25.8. The van der Waals surface area contributed by atoms with E-state index < -0.39 is 8.32 Å².